The van der Waals surface area contributed by atoms with Crippen LogP contribution in [0.5, 0.6) is 0 Å². The van der Waals surface area contributed by atoms with Crippen molar-refractivity contribution < 1.29 is 4.79 Å². The topological polar surface area (TPSA) is 59.8 Å². The molecule has 1 aliphatic rings. The fraction of sp³-hybridized carbons (Fsp3) is 0.278. The Bertz CT molecular complexity index is 938. The second-order valence-electron chi connectivity index (χ2n) is 6.29. The minimum atomic E-state index is -0.271. The van der Waals surface area contributed by atoms with Crippen molar-refractivity contribution >= 4 is 34.0 Å². The minimum absolute atomic E-state index is 0.271. The number of carbonyl (C=O) groups excluding carboxylic acids is 1. The normalized spacial score (nSPS) is 13.9. The molecule has 1 aromatic carbocycles. The molecular formula is C18H17ClN4OS. The number of amides is 1. The lowest BCUT2D eigenvalue weighted by molar-refractivity contribution is 0.102. The Morgan fingerprint density at radius 2 is 1.92 bits per heavy atom. The number of aryl methyl sites for hydroxylation is 2. The monoisotopic (exact) mass is 372 g/mol. The summed E-state index contributed by atoms with van der Waals surface area (Å²) < 4.78 is 2.09. The lowest BCUT2D eigenvalue weighted by Gasteiger charge is -2.12. The number of rotatable bonds is 4. The van der Waals surface area contributed by atoms with E-state index in [1.54, 1.807) is 12.1 Å². The summed E-state index contributed by atoms with van der Waals surface area (Å²) in [6.07, 6.45) is 2.32. The molecule has 7 heteroatoms. The van der Waals surface area contributed by atoms with Crippen LogP contribution in [0.25, 0.3) is 5.69 Å². The molecule has 3 aromatic rings. The maximum absolute atomic E-state index is 12.7. The van der Waals surface area contributed by atoms with Crippen LogP contribution in [0.2, 0.25) is 5.02 Å². The number of hydrogen-bond acceptors (Lipinski definition) is 4. The lowest BCUT2D eigenvalue weighted by atomic mass is 10.1. The molecule has 0 atom stereocenters. The summed E-state index contributed by atoms with van der Waals surface area (Å²) in [4.78, 5) is 12.7. The standard InChI is InChI=1S/C18H17ClN4OS/c1-10-3-4-11(2)23(10)13-7-8-15(19)14(9-13)16(24)20-18-22-21-17(25-18)12-5-6-12/h3-4,7-9,12H,5-6H2,1-2H3,(H,20,22,24). The van der Waals surface area contributed by atoms with Gasteiger partial charge in [0.2, 0.25) is 5.13 Å². The van der Waals surface area contributed by atoms with Gasteiger partial charge in [-0.05, 0) is 57.0 Å². The molecule has 2 heterocycles. The van der Waals surface area contributed by atoms with Gasteiger partial charge in [0, 0.05) is 23.0 Å². The Morgan fingerprint density at radius 3 is 2.60 bits per heavy atom. The summed E-state index contributed by atoms with van der Waals surface area (Å²) >= 11 is 7.70. The summed E-state index contributed by atoms with van der Waals surface area (Å²) in [5.41, 5.74) is 3.54. The summed E-state index contributed by atoms with van der Waals surface area (Å²) in [6, 6.07) is 9.56. The molecule has 1 fully saturated rings. The number of carbonyl (C=O) groups is 1. The predicted octanol–water partition coefficient (Wildman–Crippen LogP) is 4.73. The number of benzene rings is 1. The van der Waals surface area contributed by atoms with Gasteiger partial charge in [-0.15, -0.1) is 10.2 Å². The average molecular weight is 373 g/mol. The van der Waals surface area contributed by atoms with E-state index in [2.05, 4.69) is 20.1 Å². The number of aromatic nitrogens is 3. The zero-order valence-corrected chi connectivity index (χ0v) is 15.5. The van der Waals surface area contributed by atoms with Crippen molar-refractivity contribution in [2.24, 2.45) is 0 Å². The number of anilines is 1. The molecular weight excluding hydrogens is 356 g/mol. The van der Waals surface area contributed by atoms with E-state index in [-0.39, 0.29) is 5.91 Å². The highest BCUT2D eigenvalue weighted by molar-refractivity contribution is 7.15. The van der Waals surface area contributed by atoms with Crippen molar-refractivity contribution in [1.29, 1.82) is 0 Å². The van der Waals surface area contributed by atoms with E-state index in [0.717, 1.165) is 34.9 Å². The Hall–Kier alpha value is -2.18. The molecule has 0 unspecified atom stereocenters. The SMILES string of the molecule is Cc1ccc(C)n1-c1ccc(Cl)c(C(=O)Nc2nnc(C3CC3)s2)c1. The van der Waals surface area contributed by atoms with Crippen molar-refractivity contribution in [2.75, 3.05) is 5.32 Å². The number of nitrogens with one attached hydrogen (secondary N) is 1. The van der Waals surface area contributed by atoms with Gasteiger partial charge in [0.1, 0.15) is 5.01 Å². The highest BCUT2D eigenvalue weighted by Crippen LogP contribution is 2.42. The smallest absolute Gasteiger partial charge is 0.259 e. The molecule has 4 rings (SSSR count). The molecule has 2 aromatic heterocycles. The molecule has 0 bridgehead atoms. The Morgan fingerprint density at radius 1 is 1.20 bits per heavy atom. The van der Waals surface area contributed by atoms with Gasteiger partial charge in [-0.2, -0.15) is 0 Å². The molecule has 0 spiro atoms. The van der Waals surface area contributed by atoms with Gasteiger partial charge in [0.25, 0.3) is 5.91 Å². The lowest BCUT2D eigenvalue weighted by Crippen LogP contribution is -2.13. The van der Waals surface area contributed by atoms with Gasteiger partial charge < -0.3 is 4.57 Å². The molecule has 0 aliphatic heterocycles. The maximum Gasteiger partial charge on any atom is 0.259 e. The summed E-state index contributed by atoms with van der Waals surface area (Å²) in [5.74, 6) is 0.252. The number of hydrogen-bond donors (Lipinski definition) is 1. The fourth-order valence-corrected chi connectivity index (χ4v) is 3.96. The molecule has 1 amide bonds. The molecule has 0 saturated heterocycles. The predicted molar refractivity (Wildman–Crippen MR) is 100 cm³/mol. The highest BCUT2D eigenvalue weighted by atomic mass is 35.5. The molecule has 0 radical (unpaired) electrons. The van der Waals surface area contributed by atoms with Crippen LogP contribution >= 0.6 is 22.9 Å². The van der Waals surface area contributed by atoms with Gasteiger partial charge in [0.15, 0.2) is 0 Å². The van der Waals surface area contributed by atoms with Gasteiger partial charge in [-0.3, -0.25) is 10.1 Å². The number of halogens is 1. The van der Waals surface area contributed by atoms with E-state index >= 15 is 0 Å². The van der Waals surface area contributed by atoms with E-state index in [1.807, 2.05) is 32.0 Å². The van der Waals surface area contributed by atoms with Crippen molar-refractivity contribution in [3.8, 4) is 5.69 Å². The summed E-state index contributed by atoms with van der Waals surface area (Å²) in [6.45, 7) is 4.06. The zero-order chi connectivity index (χ0) is 17.6. The van der Waals surface area contributed by atoms with Crippen LogP contribution < -0.4 is 5.32 Å². The van der Waals surface area contributed by atoms with Crippen LogP contribution in [0.4, 0.5) is 5.13 Å². The van der Waals surface area contributed by atoms with Gasteiger partial charge in [0.05, 0.1) is 10.6 Å². The van der Waals surface area contributed by atoms with Crippen molar-refractivity contribution in [2.45, 2.75) is 32.6 Å². The van der Waals surface area contributed by atoms with Crippen LogP contribution in [0, 0.1) is 13.8 Å². The molecule has 1 N–H and O–H groups in total. The first-order valence-corrected chi connectivity index (χ1v) is 9.32. The van der Waals surface area contributed by atoms with Gasteiger partial charge >= 0.3 is 0 Å². The van der Waals surface area contributed by atoms with Crippen LogP contribution in [-0.4, -0.2) is 20.7 Å². The van der Waals surface area contributed by atoms with Gasteiger partial charge in [-0.1, -0.05) is 22.9 Å². The van der Waals surface area contributed by atoms with Crippen LogP contribution in [0.15, 0.2) is 30.3 Å². The van der Waals surface area contributed by atoms with E-state index in [1.165, 1.54) is 11.3 Å². The molecule has 1 aliphatic carbocycles. The van der Waals surface area contributed by atoms with Crippen LogP contribution in [-0.2, 0) is 0 Å². The summed E-state index contributed by atoms with van der Waals surface area (Å²) in [7, 11) is 0. The zero-order valence-electron chi connectivity index (χ0n) is 13.9. The first-order chi connectivity index (χ1) is 12.0. The maximum atomic E-state index is 12.7. The fourth-order valence-electron chi connectivity index (χ4n) is 2.85. The largest absolute Gasteiger partial charge is 0.318 e. The Balaban J connectivity index is 1.62. The van der Waals surface area contributed by atoms with E-state index in [0.29, 0.717) is 21.6 Å². The van der Waals surface area contributed by atoms with Crippen molar-refractivity contribution in [3.05, 3.63) is 57.3 Å². The quantitative estimate of drug-likeness (QED) is 0.720. The molecule has 5 nitrogen and oxygen atoms in total. The average Bonchev–Trinajstić information content (AvgIpc) is 3.25. The van der Waals surface area contributed by atoms with E-state index < -0.39 is 0 Å². The third-order valence-electron chi connectivity index (χ3n) is 4.31. The van der Waals surface area contributed by atoms with E-state index in [9.17, 15) is 4.79 Å². The van der Waals surface area contributed by atoms with E-state index in [4.69, 9.17) is 11.6 Å². The van der Waals surface area contributed by atoms with Crippen molar-refractivity contribution in [3.63, 3.8) is 0 Å². The molecule has 128 valence electrons. The minimum Gasteiger partial charge on any atom is -0.318 e. The van der Waals surface area contributed by atoms with Crippen LogP contribution in [0.1, 0.15) is 45.5 Å². The second kappa shape index (κ2) is 6.28. The highest BCUT2D eigenvalue weighted by Gasteiger charge is 2.28. The molecule has 1 saturated carbocycles. The summed E-state index contributed by atoms with van der Waals surface area (Å²) in [5, 5.41) is 12.9. The molecule has 25 heavy (non-hydrogen) atoms. The van der Waals surface area contributed by atoms with Gasteiger partial charge in [-0.25, -0.2) is 0 Å². The first-order valence-electron chi connectivity index (χ1n) is 8.12. The third kappa shape index (κ3) is 3.19. The number of nitrogens with zero attached hydrogens (tertiary/aromatic N) is 3. The third-order valence-corrected chi connectivity index (χ3v) is 5.64. The first kappa shape index (κ1) is 16.3. The second-order valence-corrected chi connectivity index (χ2v) is 7.71. The van der Waals surface area contributed by atoms with Crippen LogP contribution in [0.3, 0.4) is 0 Å². The Labute approximate surface area is 154 Å². The Kier molecular flexibility index (Phi) is 4.09. The van der Waals surface area contributed by atoms with Crippen molar-refractivity contribution in [1.82, 2.24) is 14.8 Å².